The molecule has 3 rings (SSSR count). The molecule has 7 heteroatoms. The number of aryl methyl sites for hydroxylation is 1. The Hall–Kier alpha value is -3.09. The number of hydrogen-bond donors (Lipinski definition) is 0. The summed E-state index contributed by atoms with van der Waals surface area (Å²) in [6.45, 7) is 1.83. The van der Waals surface area contributed by atoms with Crippen molar-refractivity contribution in [1.29, 1.82) is 0 Å². The Kier molecular flexibility index (Phi) is 4.54. The van der Waals surface area contributed by atoms with Crippen LogP contribution in [-0.2, 0) is 6.18 Å². The van der Waals surface area contributed by atoms with E-state index in [2.05, 4.69) is 5.10 Å². The lowest BCUT2D eigenvalue weighted by atomic mass is 10.2. The Bertz CT molecular complexity index is 915. The van der Waals surface area contributed by atoms with Crippen LogP contribution in [0.3, 0.4) is 0 Å². The Morgan fingerprint density at radius 2 is 1.65 bits per heavy atom. The van der Waals surface area contributed by atoms with Crippen molar-refractivity contribution in [3.63, 3.8) is 0 Å². The number of benzene rings is 2. The molecule has 0 bridgehead atoms. The fourth-order valence-corrected chi connectivity index (χ4v) is 2.61. The molecule has 0 saturated carbocycles. The zero-order chi connectivity index (χ0) is 18.9. The third-order valence-corrected chi connectivity index (χ3v) is 3.99. The first-order chi connectivity index (χ1) is 12.3. The highest BCUT2D eigenvalue weighted by molar-refractivity contribution is 6.06. The van der Waals surface area contributed by atoms with Gasteiger partial charge in [-0.3, -0.25) is 4.79 Å². The summed E-state index contributed by atoms with van der Waals surface area (Å²) in [5, 5.41) is 3.83. The molecule has 1 heterocycles. The number of alkyl halides is 3. The second-order valence-electron chi connectivity index (χ2n) is 5.85. The van der Waals surface area contributed by atoms with Gasteiger partial charge in [-0.15, -0.1) is 0 Å². The van der Waals surface area contributed by atoms with Crippen LogP contribution >= 0.6 is 0 Å². The van der Waals surface area contributed by atoms with Crippen LogP contribution in [-0.4, -0.2) is 22.7 Å². The van der Waals surface area contributed by atoms with Gasteiger partial charge in [0.15, 0.2) is 5.69 Å². The van der Waals surface area contributed by atoms with Crippen LogP contribution in [0, 0.1) is 6.92 Å². The Balaban J connectivity index is 2.08. The molecule has 0 atom stereocenters. The summed E-state index contributed by atoms with van der Waals surface area (Å²) in [7, 11) is 1.43. The van der Waals surface area contributed by atoms with Crippen molar-refractivity contribution in [1.82, 2.24) is 9.78 Å². The molecule has 0 aliphatic heterocycles. The smallest absolute Gasteiger partial charge is 0.311 e. The molecule has 1 amide bonds. The summed E-state index contributed by atoms with van der Waals surface area (Å²) in [5.74, 6) is -0.776. The minimum atomic E-state index is -4.73. The molecule has 0 saturated heterocycles. The van der Waals surface area contributed by atoms with Crippen molar-refractivity contribution in [3.05, 3.63) is 77.6 Å². The van der Waals surface area contributed by atoms with Gasteiger partial charge in [0.2, 0.25) is 0 Å². The highest BCUT2D eigenvalue weighted by Gasteiger charge is 2.41. The number of rotatable bonds is 3. The van der Waals surface area contributed by atoms with Gasteiger partial charge in [-0.25, -0.2) is 4.68 Å². The number of hydrogen-bond acceptors (Lipinski definition) is 2. The topological polar surface area (TPSA) is 38.1 Å². The van der Waals surface area contributed by atoms with Gasteiger partial charge in [-0.1, -0.05) is 35.9 Å². The number of carbonyl (C=O) groups is 1. The molecule has 134 valence electrons. The summed E-state index contributed by atoms with van der Waals surface area (Å²) in [6.07, 6.45) is -3.77. The maximum atomic E-state index is 13.7. The Labute approximate surface area is 148 Å². The molecule has 0 unspecified atom stereocenters. The van der Waals surface area contributed by atoms with Crippen molar-refractivity contribution in [2.75, 3.05) is 11.9 Å². The van der Waals surface area contributed by atoms with E-state index in [0.29, 0.717) is 5.69 Å². The van der Waals surface area contributed by atoms with E-state index in [9.17, 15) is 18.0 Å². The summed E-state index contributed by atoms with van der Waals surface area (Å²) < 4.78 is 41.9. The molecule has 0 aliphatic rings. The molecule has 3 aromatic rings. The van der Waals surface area contributed by atoms with E-state index in [1.165, 1.54) is 24.1 Å². The largest absolute Gasteiger partial charge is 0.434 e. The summed E-state index contributed by atoms with van der Waals surface area (Å²) in [5.41, 5.74) is 0.0613. The molecule has 0 aliphatic carbocycles. The lowest BCUT2D eigenvalue weighted by Crippen LogP contribution is -2.28. The van der Waals surface area contributed by atoms with E-state index >= 15 is 0 Å². The van der Waals surface area contributed by atoms with Gasteiger partial charge in [0.25, 0.3) is 5.91 Å². The van der Waals surface area contributed by atoms with E-state index in [1.807, 2.05) is 6.92 Å². The lowest BCUT2D eigenvalue weighted by Gasteiger charge is -2.18. The SMILES string of the molecule is Cc1ccc(-n2ncc(C(=O)N(C)c3ccccc3)c2C(F)(F)F)cc1. The normalized spacial score (nSPS) is 11.4. The van der Waals surface area contributed by atoms with Gasteiger partial charge in [-0.2, -0.15) is 18.3 Å². The fourth-order valence-electron chi connectivity index (χ4n) is 2.61. The molecule has 26 heavy (non-hydrogen) atoms. The van der Waals surface area contributed by atoms with Crippen LogP contribution in [0.1, 0.15) is 21.6 Å². The van der Waals surface area contributed by atoms with Gasteiger partial charge in [0, 0.05) is 12.7 Å². The number of halogens is 3. The average molecular weight is 359 g/mol. The summed E-state index contributed by atoms with van der Waals surface area (Å²) >= 11 is 0. The van der Waals surface area contributed by atoms with Crippen molar-refractivity contribution in [2.45, 2.75) is 13.1 Å². The Morgan fingerprint density at radius 3 is 2.23 bits per heavy atom. The number of anilines is 1. The van der Waals surface area contributed by atoms with E-state index in [1.54, 1.807) is 42.5 Å². The number of aromatic nitrogens is 2. The molecule has 0 N–H and O–H groups in total. The van der Waals surface area contributed by atoms with E-state index < -0.39 is 23.3 Å². The van der Waals surface area contributed by atoms with Gasteiger partial charge >= 0.3 is 6.18 Å². The van der Waals surface area contributed by atoms with Crippen LogP contribution in [0.2, 0.25) is 0 Å². The van der Waals surface area contributed by atoms with Gasteiger partial charge in [0.05, 0.1) is 17.4 Å². The van der Waals surface area contributed by atoms with Crippen LogP contribution in [0.15, 0.2) is 60.8 Å². The monoisotopic (exact) mass is 359 g/mol. The molecule has 0 fully saturated rings. The van der Waals surface area contributed by atoms with E-state index in [-0.39, 0.29) is 5.69 Å². The van der Waals surface area contributed by atoms with Gasteiger partial charge < -0.3 is 4.90 Å². The first-order valence-corrected chi connectivity index (χ1v) is 7.84. The highest BCUT2D eigenvalue weighted by atomic mass is 19.4. The lowest BCUT2D eigenvalue weighted by molar-refractivity contribution is -0.143. The second-order valence-corrected chi connectivity index (χ2v) is 5.85. The molecule has 2 aromatic carbocycles. The molecular weight excluding hydrogens is 343 g/mol. The fraction of sp³-hybridized carbons (Fsp3) is 0.158. The van der Waals surface area contributed by atoms with Crippen molar-refractivity contribution >= 4 is 11.6 Å². The summed E-state index contributed by atoms with van der Waals surface area (Å²) in [4.78, 5) is 13.9. The quantitative estimate of drug-likeness (QED) is 0.692. The standard InChI is InChI=1S/C19H16F3N3O/c1-13-8-10-15(11-9-13)25-17(19(20,21)22)16(12-23-25)18(26)24(2)14-6-4-3-5-7-14/h3-12H,1-2H3. The Morgan fingerprint density at radius 1 is 1.04 bits per heavy atom. The molecule has 0 radical (unpaired) electrons. The average Bonchev–Trinajstić information content (AvgIpc) is 3.07. The number of nitrogens with zero attached hydrogens (tertiary/aromatic N) is 3. The zero-order valence-electron chi connectivity index (χ0n) is 14.2. The predicted octanol–water partition coefficient (Wildman–Crippen LogP) is 4.48. The third kappa shape index (κ3) is 3.33. The van der Waals surface area contributed by atoms with Crippen molar-refractivity contribution < 1.29 is 18.0 Å². The van der Waals surface area contributed by atoms with Gasteiger partial charge in [0.1, 0.15) is 0 Å². The first kappa shape index (κ1) is 17.7. The van der Waals surface area contributed by atoms with Gasteiger partial charge in [-0.05, 0) is 31.2 Å². The number of amides is 1. The molecule has 0 spiro atoms. The molecule has 1 aromatic heterocycles. The van der Waals surface area contributed by atoms with Crippen LogP contribution in [0.5, 0.6) is 0 Å². The minimum Gasteiger partial charge on any atom is -0.311 e. The zero-order valence-corrected chi connectivity index (χ0v) is 14.2. The van der Waals surface area contributed by atoms with E-state index in [4.69, 9.17) is 0 Å². The van der Waals surface area contributed by atoms with Crippen LogP contribution < -0.4 is 4.90 Å². The van der Waals surface area contributed by atoms with Crippen molar-refractivity contribution in [3.8, 4) is 5.69 Å². The first-order valence-electron chi connectivity index (χ1n) is 7.84. The maximum Gasteiger partial charge on any atom is 0.434 e. The van der Waals surface area contributed by atoms with Crippen molar-refractivity contribution in [2.24, 2.45) is 0 Å². The minimum absolute atomic E-state index is 0.240. The van der Waals surface area contributed by atoms with Crippen LogP contribution in [0.25, 0.3) is 5.69 Å². The maximum absolute atomic E-state index is 13.7. The predicted molar refractivity (Wildman–Crippen MR) is 92.5 cm³/mol. The third-order valence-electron chi connectivity index (χ3n) is 3.99. The second kappa shape index (κ2) is 6.67. The number of carbonyl (C=O) groups excluding carboxylic acids is 1. The summed E-state index contributed by atoms with van der Waals surface area (Å²) in [6, 6.07) is 14.9. The van der Waals surface area contributed by atoms with E-state index in [0.717, 1.165) is 16.4 Å². The van der Waals surface area contributed by atoms with Crippen LogP contribution in [0.4, 0.5) is 18.9 Å². The highest BCUT2D eigenvalue weighted by Crippen LogP contribution is 2.34. The molecule has 4 nitrogen and oxygen atoms in total. The molecular formula is C19H16F3N3O. The number of para-hydroxylation sites is 1.